The van der Waals surface area contributed by atoms with Crippen LogP contribution in [0.1, 0.15) is 45.5 Å². The molecule has 0 saturated carbocycles. The molecule has 1 rings (SSSR count). The molecule has 5 heteroatoms. The molecule has 1 unspecified atom stereocenters. The van der Waals surface area contributed by atoms with Crippen LogP contribution in [-0.4, -0.2) is 27.1 Å². The Morgan fingerprint density at radius 3 is 2.28 bits per heavy atom. The Kier molecular flexibility index (Phi) is 6.33. The fourth-order valence-corrected chi connectivity index (χ4v) is 2.11. The molecule has 1 N–H and O–H groups in total. The van der Waals surface area contributed by atoms with E-state index in [9.17, 15) is 0 Å². The number of aromatic nitrogens is 3. The second-order valence-corrected chi connectivity index (χ2v) is 5.17. The summed E-state index contributed by atoms with van der Waals surface area (Å²) in [7, 11) is 0. The maximum Gasteiger partial charge on any atom is 0.243 e. The highest BCUT2D eigenvalue weighted by Crippen LogP contribution is 2.12. The SMILES string of the molecule is CCc1nnc(NC(CCl)CC(C)C)nc1CC. The number of alkyl halides is 1. The summed E-state index contributed by atoms with van der Waals surface area (Å²) in [6.07, 6.45) is 2.75. The monoisotopic (exact) mass is 270 g/mol. The summed E-state index contributed by atoms with van der Waals surface area (Å²) in [4.78, 5) is 4.51. The van der Waals surface area contributed by atoms with Crippen molar-refractivity contribution in [3.63, 3.8) is 0 Å². The molecule has 1 heterocycles. The lowest BCUT2D eigenvalue weighted by molar-refractivity contribution is 0.539. The Morgan fingerprint density at radius 1 is 1.11 bits per heavy atom. The topological polar surface area (TPSA) is 50.7 Å². The third-order valence-corrected chi connectivity index (χ3v) is 3.16. The van der Waals surface area contributed by atoms with Gasteiger partial charge in [-0.25, -0.2) is 4.98 Å². The average Bonchev–Trinajstić information content (AvgIpc) is 2.37. The van der Waals surface area contributed by atoms with E-state index in [0.29, 0.717) is 17.7 Å². The molecule has 0 bridgehead atoms. The van der Waals surface area contributed by atoms with Crippen LogP contribution in [0.2, 0.25) is 0 Å². The molecule has 0 aliphatic rings. The molecule has 1 atom stereocenters. The van der Waals surface area contributed by atoms with Crippen molar-refractivity contribution < 1.29 is 0 Å². The zero-order valence-electron chi connectivity index (χ0n) is 11.7. The molecule has 1 aromatic heterocycles. The molecule has 18 heavy (non-hydrogen) atoms. The maximum absolute atomic E-state index is 5.96. The zero-order valence-corrected chi connectivity index (χ0v) is 12.5. The molecule has 0 spiro atoms. The Balaban J connectivity index is 2.77. The minimum absolute atomic E-state index is 0.200. The van der Waals surface area contributed by atoms with E-state index in [1.54, 1.807) is 0 Å². The van der Waals surface area contributed by atoms with E-state index in [2.05, 4.69) is 48.2 Å². The predicted octanol–water partition coefficient (Wildman–Crippen LogP) is 3.06. The van der Waals surface area contributed by atoms with Gasteiger partial charge in [-0.15, -0.1) is 16.7 Å². The molecule has 0 aliphatic heterocycles. The number of halogens is 1. The summed E-state index contributed by atoms with van der Waals surface area (Å²) >= 11 is 5.96. The smallest absolute Gasteiger partial charge is 0.243 e. The molecule has 1 aromatic rings. The van der Waals surface area contributed by atoms with E-state index in [1.165, 1.54) is 0 Å². The third-order valence-electron chi connectivity index (χ3n) is 2.78. The normalized spacial score (nSPS) is 12.8. The van der Waals surface area contributed by atoms with Crippen molar-refractivity contribution in [1.29, 1.82) is 0 Å². The van der Waals surface area contributed by atoms with E-state index in [4.69, 9.17) is 11.6 Å². The highest BCUT2D eigenvalue weighted by molar-refractivity contribution is 6.18. The Labute approximate surface area is 115 Å². The van der Waals surface area contributed by atoms with Crippen LogP contribution in [0.3, 0.4) is 0 Å². The fourth-order valence-electron chi connectivity index (χ4n) is 1.91. The first kappa shape index (κ1) is 15.2. The Morgan fingerprint density at radius 2 is 1.78 bits per heavy atom. The Bertz CT molecular complexity index is 368. The van der Waals surface area contributed by atoms with E-state index < -0.39 is 0 Å². The summed E-state index contributed by atoms with van der Waals surface area (Å²) in [5, 5.41) is 11.6. The van der Waals surface area contributed by atoms with Gasteiger partial charge in [0.2, 0.25) is 5.95 Å². The number of nitrogens with zero attached hydrogens (tertiary/aromatic N) is 3. The van der Waals surface area contributed by atoms with Gasteiger partial charge in [0.05, 0.1) is 11.4 Å². The number of aryl methyl sites for hydroxylation is 2. The molecular formula is C13H23ClN4. The van der Waals surface area contributed by atoms with Crippen molar-refractivity contribution in [2.45, 2.75) is 53.0 Å². The number of hydrogen-bond donors (Lipinski definition) is 1. The molecular weight excluding hydrogens is 248 g/mol. The van der Waals surface area contributed by atoms with Gasteiger partial charge >= 0.3 is 0 Å². The highest BCUT2D eigenvalue weighted by Gasteiger charge is 2.12. The van der Waals surface area contributed by atoms with Crippen molar-refractivity contribution in [3.05, 3.63) is 11.4 Å². The molecule has 4 nitrogen and oxygen atoms in total. The van der Waals surface area contributed by atoms with Gasteiger partial charge in [-0.3, -0.25) is 0 Å². The van der Waals surface area contributed by atoms with Gasteiger partial charge in [0.15, 0.2) is 0 Å². The third kappa shape index (κ3) is 4.41. The van der Waals surface area contributed by atoms with Crippen molar-refractivity contribution in [3.8, 4) is 0 Å². The van der Waals surface area contributed by atoms with E-state index in [-0.39, 0.29) is 6.04 Å². The summed E-state index contributed by atoms with van der Waals surface area (Å²) in [5.41, 5.74) is 2.00. The van der Waals surface area contributed by atoms with Crippen molar-refractivity contribution in [1.82, 2.24) is 15.2 Å². The summed E-state index contributed by atoms with van der Waals surface area (Å²) < 4.78 is 0. The van der Waals surface area contributed by atoms with E-state index in [1.807, 2.05) is 0 Å². The number of anilines is 1. The quantitative estimate of drug-likeness (QED) is 0.774. The molecule has 0 aromatic carbocycles. The van der Waals surface area contributed by atoms with Crippen molar-refractivity contribution >= 4 is 17.5 Å². The number of hydrogen-bond acceptors (Lipinski definition) is 4. The van der Waals surface area contributed by atoms with Crippen LogP contribution in [0, 0.1) is 5.92 Å². The van der Waals surface area contributed by atoms with Crippen LogP contribution in [0.4, 0.5) is 5.95 Å². The Hall–Kier alpha value is -0.900. The summed E-state index contributed by atoms with van der Waals surface area (Å²) in [6, 6.07) is 0.200. The van der Waals surface area contributed by atoms with Crippen molar-refractivity contribution in [2.24, 2.45) is 5.92 Å². The van der Waals surface area contributed by atoms with Gasteiger partial charge in [-0.05, 0) is 25.2 Å². The minimum atomic E-state index is 0.200. The molecule has 0 saturated heterocycles. The number of nitrogens with one attached hydrogen (secondary N) is 1. The molecule has 102 valence electrons. The lowest BCUT2D eigenvalue weighted by Crippen LogP contribution is -2.25. The summed E-state index contributed by atoms with van der Waals surface area (Å²) in [6.45, 7) is 8.51. The molecule has 0 aliphatic carbocycles. The number of rotatable bonds is 7. The van der Waals surface area contributed by atoms with Crippen LogP contribution in [-0.2, 0) is 12.8 Å². The van der Waals surface area contributed by atoms with Gasteiger partial charge in [-0.1, -0.05) is 27.7 Å². The average molecular weight is 271 g/mol. The largest absolute Gasteiger partial charge is 0.349 e. The van der Waals surface area contributed by atoms with Gasteiger partial charge in [0.25, 0.3) is 0 Å². The van der Waals surface area contributed by atoms with Gasteiger partial charge < -0.3 is 5.32 Å². The standard InChI is InChI=1S/C13H23ClN4/c1-5-11-12(6-2)17-18-13(16-11)15-10(8-14)7-9(3)4/h9-10H,5-8H2,1-4H3,(H,15,16,18). The van der Waals surface area contributed by atoms with E-state index in [0.717, 1.165) is 30.7 Å². The summed E-state index contributed by atoms with van der Waals surface area (Å²) in [5.74, 6) is 1.74. The molecule has 0 fully saturated rings. The van der Waals surface area contributed by atoms with Gasteiger partial charge in [0.1, 0.15) is 0 Å². The van der Waals surface area contributed by atoms with Crippen LogP contribution >= 0.6 is 11.6 Å². The first-order chi connectivity index (χ1) is 8.60. The van der Waals surface area contributed by atoms with Gasteiger partial charge in [-0.2, -0.15) is 5.10 Å². The first-order valence-electron chi connectivity index (χ1n) is 6.65. The second kappa shape index (κ2) is 7.52. The lowest BCUT2D eigenvalue weighted by atomic mass is 10.1. The maximum atomic E-state index is 5.96. The first-order valence-corrected chi connectivity index (χ1v) is 7.19. The fraction of sp³-hybridized carbons (Fsp3) is 0.769. The minimum Gasteiger partial charge on any atom is -0.349 e. The molecule has 0 radical (unpaired) electrons. The van der Waals surface area contributed by atoms with Crippen LogP contribution in [0.5, 0.6) is 0 Å². The van der Waals surface area contributed by atoms with Crippen LogP contribution in [0.15, 0.2) is 0 Å². The molecule has 0 amide bonds. The van der Waals surface area contributed by atoms with Crippen LogP contribution < -0.4 is 5.32 Å². The van der Waals surface area contributed by atoms with Gasteiger partial charge in [0, 0.05) is 11.9 Å². The zero-order chi connectivity index (χ0) is 13.5. The van der Waals surface area contributed by atoms with Crippen LogP contribution in [0.25, 0.3) is 0 Å². The predicted molar refractivity (Wildman–Crippen MR) is 76.2 cm³/mol. The lowest BCUT2D eigenvalue weighted by Gasteiger charge is -2.18. The highest BCUT2D eigenvalue weighted by atomic mass is 35.5. The second-order valence-electron chi connectivity index (χ2n) is 4.86. The van der Waals surface area contributed by atoms with Crippen molar-refractivity contribution in [2.75, 3.05) is 11.2 Å². The van der Waals surface area contributed by atoms with E-state index >= 15 is 0 Å².